The van der Waals surface area contributed by atoms with Gasteiger partial charge in [-0.1, -0.05) is 25.1 Å². The normalized spacial score (nSPS) is 10.5. The second-order valence-electron chi connectivity index (χ2n) is 6.14. The Hall–Kier alpha value is -3.03. The van der Waals surface area contributed by atoms with Crippen molar-refractivity contribution in [2.24, 2.45) is 0 Å². The molecule has 28 heavy (non-hydrogen) atoms. The summed E-state index contributed by atoms with van der Waals surface area (Å²) in [4.78, 5) is 25.8. The van der Waals surface area contributed by atoms with E-state index in [1.54, 1.807) is 12.1 Å². The van der Waals surface area contributed by atoms with Gasteiger partial charge in [-0.2, -0.15) is 0 Å². The van der Waals surface area contributed by atoms with Crippen LogP contribution in [0.2, 0.25) is 0 Å². The molecule has 0 bridgehead atoms. The van der Waals surface area contributed by atoms with Crippen LogP contribution in [-0.4, -0.2) is 36.4 Å². The summed E-state index contributed by atoms with van der Waals surface area (Å²) in [5.41, 5.74) is 0.368. The Bertz CT molecular complexity index is 859. The van der Waals surface area contributed by atoms with Crippen LogP contribution >= 0.6 is 0 Å². The number of ether oxygens (including phenoxy) is 1. The molecule has 0 aliphatic rings. The number of carbonyl (C=O) groups excluding carboxylic acids is 2. The lowest BCUT2D eigenvalue weighted by molar-refractivity contribution is -0.136. The van der Waals surface area contributed by atoms with Crippen LogP contribution in [0.4, 0.5) is 18.9 Å². The van der Waals surface area contributed by atoms with Gasteiger partial charge in [-0.25, -0.2) is 13.2 Å². The number of rotatable bonds is 8. The topological polar surface area (TPSA) is 58.6 Å². The van der Waals surface area contributed by atoms with Gasteiger partial charge in [-0.05, 0) is 37.1 Å². The maximum Gasteiger partial charge on any atom is 0.260 e. The molecule has 2 aromatic carbocycles. The third kappa shape index (κ3) is 5.48. The van der Waals surface area contributed by atoms with Crippen LogP contribution in [-0.2, 0) is 9.59 Å². The number of nitrogens with zero attached hydrogens (tertiary/aromatic N) is 1. The number of anilines is 1. The molecule has 0 unspecified atom stereocenters. The largest absolute Gasteiger partial charge is 0.484 e. The highest BCUT2D eigenvalue weighted by molar-refractivity contribution is 5.94. The lowest BCUT2D eigenvalue weighted by Crippen LogP contribution is -2.41. The minimum absolute atomic E-state index is 0.266. The van der Waals surface area contributed by atoms with Crippen LogP contribution in [0.3, 0.4) is 0 Å². The summed E-state index contributed by atoms with van der Waals surface area (Å²) in [5, 5.41) is 2.15. The number of hydrogen-bond acceptors (Lipinski definition) is 3. The molecule has 2 rings (SSSR count). The molecular weight excluding hydrogens is 373 g/mol. The predicted molar refractivity (Wildman–Crippen MR) is 98.5 cm³/mol. The summed E-state index contributed by atoms with van der Waals surface area (Å²) in [6, 6.07) is 8.81. The van der Waals surface area contributed by atoms with E-state index in [-0.39, 0.29) is 19.7 Å². The Morgan fingerprint density at radius 2 is 1.79 bits per heavy atom. The SMILES string of the molecule is CCCN(CC(=O)Nc1ccc(F)c(F)c1F)C(=O)COc1ccccc1C. The van der Waals surface area contributed by atoms with Gasteiger partial charge in [-0.15, -0.1) is 0 Å². The van der Waals surface area contributed by atoms with Crippen molar-refractivity contribution in [3.63, 3.8) is 0 Å². The van der Waals surface area contributed by atoms with Crippen molar-refractivity contribution in [2.45, 2.75) is 20.3 Å². The summed E-state index contributed by atoms with van der Waals surface area (Å²) < 4.78 is 45.4. The van der Waals surface area contributed by atoms with Crippen molar-refractivity contribution in [1.29, 1.82) is 0 Å². The van der Waals surface area contributed by atoms with Gasteiger partial charge in [-0.3, -0.25) is 9.59 Å². The number of para-hydroxylation sites is 1. The molecule has 0 atom stereocenters. The Balaban J connectivity index is 1.99. The zero-order valence-electron chi connectivity index (χ0n) is 15.6. The van der Waals surface area contributed by atoms with Gasteiger partial charge < -0.3 is 15.0 Å². The van der Waals surface area contributed by atoms with Crippen molar-refractivity contribution in [2.75, 3.05) is 25.0 Å². The number of halogens is 3. The number of carbonyl (C=O) groups is 2. The Morgan fingerprint density at radius 3 is 2.46 bits per heavy atom. The second kappa shape index (κ2) is 9.77. The van der Waals surface area contributed by atoms with Crippen molar-refractivity contribution in [3.8, 4) is 5.75 Å². The van der Waals surface area contributed by atoms with E-state index in [9.17, 15) is 22.8 Å². The highest BCUT2D eigenvalue weighted by Gasteiger charge is 2.20. The van der Waals surface area contributed by atoms with E-state index >= 15 is 0 Å². The molecule has 5 nitrogen and oxygen atoms in total. The summed E-state index contributed by atoms with van der Waals surface area (Å²) in [5.74, 6) is -5.13. The third-order valence-corrected chi connectivity index (χ3v) is 3.93. The van der Waals surface area contributed by atoms with Crippen molar-refractivity contribution >= 4 is 17.5 Å². The number of aryl methyl sites for hydroxylation is 1. The number of hydrogen-bond donors (Lipinski definition) is 1. The smallest absolute Gasteiger partial charge is 0.260 e. The van der Waals surface area contributed by atoms with Crippen LogP contribution in [0.5, 0.6) is 5.75 Å². The first-order chi connectivity index (χ1) is 13.3. The first-order valence-corrected chi connectivity index (χ1v) is 8.73. The van der Waals surface area contributed by atoms with Crippen molar-refractivity contribution in [1.82, 2.24) is 4.90 Å². The third-order valence-electron chi connectivity index (χ3n) is 3.93. The molecule has 2 aromatic rings. The highest BCUT2D eigenvalue weighted by Crippen LogP contribution is 2.20. The van der Waals surface area contributed by atoms with Crippen LogP contribution in [0.1, 0.15) is 18.9 Å². The molecule has 150 valence electrons. The second-order valence-corrected chi connectivity index (χ2v) is 6.14. The monoisotopic (exact) mass is 394 g/mol. The summed E-state index contributed by atoms with van der Waals surface area (Å²) >= 11 is 0. The van der Waals surface area contributed by atoms with Gasteiger partial charge in [0.25, 0.3) is 5.91 Å². The summed E-state index contributed by atoms with van der Waals surface area (Å²) in [6.07, 6.45) is 0.586. The van der Waals surface area contributed by atoms with Crippen LogP contribution < -0.4 is 10.1 Å². The van der Waals surface area contributed by atoms with Crippen LogP contribution in [0, 0.1) is 24.4 Å². The van der Waals surface area contributed by atoms with Crippen molar-refractivity contribution in [3.05, 3.63) is 59.4 Å². The maximum atomic E-state index is 13.7. The van der Waals surface area contributed by atoms with Crippen LogP contribution in [0.25, 0.3) is 0 Å². The minimum atomic E-state index is -1.68. The molecule has 1 N–H and O–H groups in total. The number of amides is 2. The highest BCUT2D eigenvalue weighted by atomic mass is 19.2. The molecule has 8 heteroatoms. The van der Waals surface area contributed by atoms with E-state index in [1.165, 1.54) is 4.90 Å². The Morgan fingerprint density at radius 1 is 1.07 bits per heavy atom. The molecule has 0 aliphatic carbocycles. The van der Waals surface area contributed by atoms with E-state index in [0.29, 0.717) is 18.2 Å². The average molecular weight is 394 g/mol. The minimum Gasteiger partial charge on any atom is -0.484 e. The zero-order valence-corrected chi connectivity index (χ0v) is 15.6. The van der Waals surface area contributed by atoms with Gasteiger partial charge >= 0.3 is 0 Å². The molecule has 0 saturated heterocycles. The average Bonchev–Trinajstić information content (AvgIpc) is 2.67. The number of benzene rings is 2. The molecule has 0 saturated carbocycles. The van der Waals surface area contributed by atoms with E-state index in [1.807, 2.05) is 26.0 Å². The van der Waals surface area contributed by atoms with E-state index < -0.39 is 35.0 Å². The van der Waals surface area contributed by atoms with Crippen molar-refractivity contribution < 1.29 is 27.5 Å². The lowest BCUT2D eigenvalue weighted by atomic mass is 10.2. The fourth-order valence-electron chi connectivity index (χ4n) is 2.50. The molecule has 2 amide bonds. The summed E-state index contributed by atoms with van der Waals surface area (Å²) in [7, 11) is 0. The van der Waals surface area contributed by atoms with Gasteiger partial charge in [0.1, 0.15) is 5.75 Å². The Kier molecular flexibility index (Phi) is 7.43. The molecule has 0 aromatic heterocycles. The lowest BCUT2D eigenvalue weighted by Gasteiger charge is -2.22. The first kappa shape index (κ1) is 21.3. The van der Waals surface area contributed by atoms with E-state index in [4.69, 9.17) is 4.74 Å². The molecule has 0 fully saturated rings. The fourth-order valence-corrected chi connectivity index (χ4v) is 2.50. The molecule has 0 radical (unpaired) electrons. The molecular formula is C20H21F3N2O3. The standard InChI is InChI=1S/C20H21F3N2O3/c1-3-10-25(18(27)12-28-16-7-5-4-6-13(16)2)11-17(26)24-15-9-8-14(21)19(22)20(15)23/h4-9H,3,10-12H2,1-2H3,(H,24,26). The van der Waals surface area contributed by atoms with Crippen LogP contribution in [0.15, 0.2) is 36.4 Å². The maximum absolute atomic E-state index is 13.7. The fraction of sp³-hybridized carbons (Fsp3) is 0.300. The quantitative estimate of drug-likeness (QED) is 0.695. The molecule has 0 heterocycles. The number of nitrogens with one attached hydrogen (secondary N) is 1. The summed E-state index contributed by atoms with van der Waals surface area (Å²) in [6.45, 7) is 3.31. The first-order valence-electron chi connectivity index (χ1n) is 8.73. The van der Waals surface area contributed by atoms with E-state index in [0.717, 1.165) is 11.6 Å². The molecule has 0 spiro atoms. The van der Waals surface area contributed by atoms with Gasteiger partial charge in [0.05, 0.1) is 12.2 Å². The van der Waals surface area contributed by atoms with E-state index in [2.05, 4.69) is 5.32 Å². The molecule has 0 aliphatic heterocycles. The van der Waals surface area contributed by atoms with Gasteiger partial charge in [0.2, 0.25) is 5.91 Å². The predicted octanol–water partition coefficient (Wildman–Crippen LogP) is 3.67. The zero-order chi connectivity index (χ0) is 20.7. The van der Waals surface area contributed by atoms with Gasteiger partial charge in [0, 0.05) is 6.54 Å². The Labute approximate surface area is 161 Å². The van der Waals surface area contributed by atoms with Gasteiger partial charge in [0.15, 0.2) is 24.1 Å².